The van der Waals surface area contributed by atoms with Gasteiger partial charge in [0.2, 0.25) is 0 Å². The highest BCUT2D eigenvalue weighted by Gasteiger charge is 2.43. The van der Waals surface area contributed by atoms with Crippen LogP contribution < -0.4 is 0 Å². The molecule has 0 radical (unpaired) electrons. The molecule has 9 nitrogen and oxygen atoms in total. The Morgan fingerprint density at radius 3 is 1.15 bits per heavy atom. The molecular weight excluding hydrogens is 420 g/mol. The number of ether oxygens (including phenoxy) is 3. The Bertz CT molecular complexity index is 525. The summed E-state index contributed by atoms with van der Waals surface area (Å²) in [5, 5.41) is 26.0. The molecule has 0 rings (SSSR count). The van der Waals surface area contributed by atoms with Crippen molar-refractivity contribution < 1.29 is 43.9 Å². The Hall–Kier alpha value is -1.44. The van der Waals surface area contributed by atoms with Crippen LogP contribution in [0.2, 0.25) is 0 Å². The van der Waals surface area contributed by atoms with Gasteiger partial charge < -0.3 is 29.5 Å². The third-order valence-electron chi connectivity index (χ3n) is 3.55. The Morgan fingerprint density at radius 2 is 0.963 bits per heavy atom. The van der Waals surface area contributed by atoms with Crippen molar-refractivity contribution >= 4 is 69.2 Å². The zero-order chi connectivity index (χ0) is 21.0. The van der Waals surface area contributed by atoms with E-state index in [1.807, 2.05) is 0 Å². The summed E-state index contributed by atoms with van der Waals surface area (Å²) in [5.74, 6) is -2.54. The van der Waals surface area contributed by atoms with E-state index in [0.29, 0.717) is 0 Å². The van der Waals surface area contributed by atoms with Crippen molar-refractivity contribution in [3.8, 4) is 0 Å². The maximum atomic E-state index is 11.7. The molecule has 0 amide bonds. The second kappa shape index (κ2) is 12.9. The van der Waals surface area contributed by atoms with Gasteiger partial charge in [0.25, 0.3) is 0 Å². The SMILES string of the molecule is CCC(C(=S)CC(=O)OCO)(C(=S)CC(=O)OCO)C(=S)CC(=O)OCO. The fourth-order valence-electron chi connectivity index (χ4n) is 2.27. The molecule has 0 aliphatic carbocycles. The summed E-state index contributed by atoms with van der Waals surface area (Å²) in [6.45, 7) is -0.902. The zero-order valence-electron chi connectivity index (χ0n) is 14.5. The molecule has 0 aromatic carbocycles. The van der Waals surface area contributed by atoms with Crippen molar-refractivity contribution in [2.24, 2.45) is 5.41 Å². The van der Waals surface area contributed by atoms with Gasteiger partial charge in [-0.2, -0.15) is 0 Å². The van der Waals surface area contributed by atoms with Gasteiger partial charge in [0.1, 0.15) is 0 Å². The third-order valence-corrected chi connectivity index (χ3v) is 5.03. The monoisotopic (exact) mass is 440 g/mol. The minimum absolute atomic E-state index is 0.00736. The second-order valence-electron chi connectivity index (χ2n) is 5.00. The summed E-state index contributed by atoms with van der Waals surface area (Å²) < 4.78 is 13.3. The number of rotatable bonds is 13. The molecule has 0 aromatic heterocycles. The smallest absolute Gasteiger partial charge is 0.312 e. The van der Waals surface area contributed by atoms with Crippen LogP contribution in [0, 0.1) is 5.41 Å². The third kappa shape index (κ3) is 7.60. The summed E-state index contributed by atoms with van der Waals surface area (Å²) in [6, 6.07) is 0. The van der Waals surface area contributed by atoms with Crippen LogP contribution in [-0.4, -0.2) is 68.2 Å². The molecule has 0 saturated heterocycles. The van der Waals surface area contributed by atoms with Crippen molar-refractivity contribution in [2.45, 2.75) is 32.6 Å². The molecule has 3 N–H and O–H groups in total. The highest BCUT2D eigenvalue weighted by molar-refractivity contribution is 7.84. The fraction of sp³-hybridized carbons (Fsp3) is 0.600. The van der Waals surface area contributed by atoms with E-state index in [-0.39, 0.29) is 21.0 Å². The molecule has 152 valence electrons. The van der Waals surface area contributed by atoms with Gasteiger partial charge in [0.05, 0.1) is 24.7 Å². The first kappa shape index (κ1) is 25.6. The molecule has 27 heavy (non-hydrogen) atoms. The van der Waals surface area contributed by atoms with Crippen LogP contribution in [-0.2, 0) is 28.6 Å². The first-order valence-electron chi connectivity index (χ1n) is 7.58. The first-order valence-corrected chi connectivity index (χ1v) is 8.81. The molecule has 0 fully saturated rings. The van der Waals surface area contributed by atoms with Crippen LogP contribution in [0.3, 0.4) is 0 Å². The van der Waals surface area contributed by atoms with E-state index >= 15 is 0 Å². The number of aliphatic hydroxyl groups is 3. The van der Waals surface area contributed by atoms with E-state index < -0.39 is 63.0 Å². The quantitative estimate of drug-likeness (QED) is 0.155. The standard InChI is InChI=1S/C15H20O9S3/c1-2-15(9(25)3-12(19)22-6-16,10(26)4-13(20)23-7-17)11(27)5-14(21)24-8-18/h16-18H,2-8H2,1H3. The van der Waals surface area contributed by atoms with E-state index in [1.54, 1.807) is 6.92 Å². The van der Waals surface area contributed by atoms with Crippen LogP contribution in [0.1, 0.15) is 32.6 Å². The van der Waals surface area contributed by atoms with E-state index in [2.05, 4.69) is 14.2 Å². The van der Waals surface area contributed by atoms with Crippen LogP contribution in [0.5, 0.6) is 0 Å². The molecule has 12 heteroatoms. The number of carbonyl (C=O) groups is 3. The van der Waals surface area contributed by atoms with Crippen molar-refractivity contribution in [1.82, 2.24) is 0 Å². The normalized spacial score (nSPS) is 10.7. The lowest BCUT2D eigenvalue weighted by molar-refractivity contribution is -0.151. The van der Waals surface area contributed by atoms with Gasteiger partial charge in [-0.05, 0) is 6.42 Å². The predicted molar refractivity (Wildman–Crippen MR) is 104 cm³/mol. The topological polar surface area (TPSA) is 140 Å². The van der Waals surface area contributed by atoms with Crippen molar-refractivity contribution in [3.05, 3.63) is 0 Å². The lowest BCUT2D eigenvalue weighted by atomic mass is 9.72. The molecule has 0 aliphatic rings. The van der Waals surface area contributed by atoms with Crippen LogP contribution >= 0.6 is 36.7 Å². The highest BCUT2D eigenvalue weighted by Crippen LogP contribution is 2.34. The predicted octanol–water partition coefficient (Wildman–Crippen LogP) is 0.142. The van der Waals surface area contributed by atoms with E-state index in [1.165, 1.54) is 0 Å². The number of esters is 3. The molecule has 0 atom stereocenters. The van der Waals surface area contributed by atoms with Gasteiger partial charge in [-0.3, -0.25) is 14.4 Å². The van der Waals surface area contributed by atoms with Gasteiger partial charge in [0, 0.05) is 14.6 Å². The van der Waals surface area contributed by atoms with Gasteiger partial charge in [-0.15, -0.1) is 0 Å². The van der Waals surface area contributed by atoms with Crippen LogP contribution in [0.25, 0.3) is 0 Å². The number of hydrogen-bond donors (Lipinski definition) is 3. The average Bonchev–Trinajstić information content (AvgIpc) is 2.56. The summed E-state index contributed by atoms with van der Waals surface area (Å²) in [5.41, 5.74) is -1.45. The fourth-order valence-corrected chi connectivity index (χ4v) is 3.99. The van der Waals surface area contributed by atoms with Crippen LogP contribution in [0.4, 0.5) is 0 Å². The van der Waals surface area contributed by atoms with Crippen molar-refractivity contribution in [3.63, 3.8) is 0 Å². The maximum absolute atomic E-state index is 11.7. The molecule has 0 aliphatic heterocycles. The first-order chi connectivity index (χ1) is 12.7. The molecule has 0 saturated carbocycles. The maximum Gasteiger partial charge on any atom is 0.312 e. The molecule has 0 unspecified atom stereocenters. The average molecular weight is 441 g/mol. The molecule has 0 aromatic rings. The highest BCUT2D eigenvalue weighted by atomic mass is 32.1. The second-order valence-corrected chi connectivity index (χ2v) is 6.47. The number of hydrogen-bond acceptors (Lipinski definition) is 12. The number of aliphatic hydroxyl groups excluding tert-OH is 3. The lowest BCUT2D eigenvalue weighted by Crippen LogP contribution is -2.46. The van der Waals surface area contributed by atoms with Gasteiger partial charge in [0.15, 0.2) is 20.4 Å². The Kier molecular flexibility index (Phi) is 12.2. The minimum Gasteiger partial charge on any atom is -0.438 e. The largest absolute Gasteiger partial charge is 0.438 e. The summed E-state index contributed by atoms with van der Waals surface area (Å²) in [6.07, 6.45) is -1.23. The van der Waals surface area contributed by atoms with Crippen molar-refractivity contribution in [2.75, 3.05) is 20.4 Å². The number of thiocarbonyl (C=S) groups is 3. The molecule has 0 heterocycles. The minimum atomic E-state index is -1.45. The van der Waals surface area contributed by atoms with Crippen molar-refractivity contribution in [1.29, 1.82) is 0 Å². The van der Waals surface area contributed by atoms with Gasteiger partial charge in [-0.1, -0.05) is 43.6 Å². The van der Waals surface area contributed by atoms with E-state index in [4.69, 9.17) is 52.0 Å². The number of carbonyl (C=O) groups excluding carboxylic acids is 3. The Labute approximate surface area is 171 Å². The summed E-state index contributed by atoms with van der Waals surface area (Å²) in [7, 11) is 0. The van der Waals surface area contributed by atoms with E-state index in [9.17, 15) is 14.4 Å². The zero-order valence-corrected chi connectivity index (χ0v) is 16.9. The summed E-state index contributed by atoms with van der Waals surface area (Å²) >= 11 is 15.9. The van der Waals surface area contributed by atoms with Crippen LogP contribution in [0.15, 0.2) is 0 Å². The Morgan fingerprint density at radius 1 is 0.704 bits per heavy atom. The Balaban J connectivity index is 5.78. The molecule has 0 bridgehead atoms. The van der Waals surface area contributed by atoms with Gasteiger partial charge in [-0.25, -0.2) is 0 Å². The summed E-state index contributed by atoms with van der Waals surface area (Å²) in [4.78, 5) is 35.1. The lowest BCUT2D eigenvalue weighted by Gasteiger charge is -2.34. The molecule has 0 spiro atoms. The van der Waals surface area contributed by atoms with Gasteiger partial charge >= 0.3 is 17.9 Å². The molecular formula is C15H20O9S3. The van der Waals surface area contributed by atoms with E-state index in [0.717, 1.165) is 0 Å².